The van der Waals surface area contributed by atoms with Crippen LogP contribution in [-0.4, -0.2) is 57.9 Å². The van der Waals surface area contributed by atoms with Crippen LogP contribution in [0.3, 0.4) is 0 Å². The normalized spacial score (nSPS) is 15.2. The highest BCUT2D eigenvalue weighted by Crippen LogP contribution is 2.33. The Morgan fingerprint density at radius 3 is 2.32 bits per heavy atom. The molecule has 2 N–H and O–H groups in total. The van der Waals surface area contributed by atoms with Crippen LogP contribution >= 0.6 is 0 Å². The summed E-state index contributed by atoms with van der Waals surface area (Å²) in [6.45, 7) is 9.02. The van der Waals surface area contributed by atoms with Crippen LogP contribution in [0.1, 0.15) is 56.8 Å². The van der Waals surface area contributed by atoms with Gasteiger partial charge in [-0.1, -0.05) is 50.5 Å². The fourth-order valence-corrected chi connectivity index (χ4v) is 4.70. The maximum Gasteiger partial charge on any atom is 0.415 e. The van der Waals surface area contributed by atoms with Gasteiger partial charge in [-0.05, 0) is 74.2 Å². The van der Waals surface area contributed by atoms with E-state index < -0.39 is 6.09 Å². The summed E-state index contributed by atoms with van der Waals surface area (Å²) in [5, 5.41) is 21.2. The summed E-state index contributed by atoms with van der Waals surface area (Å²) in [4.78, 5) is 28.4. The van der Waals surface area contributed by atoms with Crippen LogP contribution in [0.15, 0.2) is 59.0 Å². The molecule has 9 heteroatoms. The molecule has 37 heavy (non-hydrogen) atoms. The first-order chi connectivity index (χ1) is 17.7. The fraction of sp³-hybridized carbons (Fsp3) is 0.429. The number of amides is 2. The average Bonchev–Trinajstić information content (AvgIpc) is 3.36. The minimum Gasteiger partial charge on any atom is -0.465 e. The number of carbonyl (C=O) groups excluding carboxylic acids is 1. The number of hydrogen-bond acceptors (Lipinski definition) is 6. The Balaban J connectivity index is 1.48. The summed E-state index contributed by atoms with van der Waals surface area (Å²) < 4.78 is 5.87. The number of carboxylic acid groups (broad SMARTS) is 1. The van der Waals surface area contributed by atoms with Crippen molar-refractivity contribution in [1.29, 1.82) is 0 Å². The van der Waals surface area contributed by atoms with Gasteiger partial charge in [0, 0.05) is 23.4 Å². The van der Waals surface area contributed by atoms with Crippen LogP contribution in [0.4, 0.5) is 16.5 Å². The zero-order valence-electron chi connectivity index (χ0n) is 21.7. The highest BCUT2D eigenvalue weighted by Gasteiger charge is 2.37. The standard InChI is InChI=1S/C28H35N5O4/c1-28(2,3)23(16-19-32-17-8-5-9-18-32)33(27(35)36)26-31-30-25(37-26)21-12-14-22(15-13-21)29-24(34)20-10-6-4-7-11-20/h4,6-7,10-15,23H,5,8-9,16-19H2,1-3H3,(H,29,34)(H,35,36). The molecule has 0 radical (unpaired) electrons. The topological polar surface area (TPSA) is 112 Å². The molecule has 1 saturated heterocycles. The van der Waals surface area contributed by atoms with Gasteiger partial charge in [0.15, 0.2) is 0 Å². The molecule has 1 aliphatic rings. The van der Waals surface area contributed by atoms with Crippen LogP contribution in [0.5, 0.6) is 0 Å². The van der Waals surface area contributed by atoms with Crippen molar-refractivity contribution in [3.05, 3.63) is 60.2 Å². The molecule has 2 aromatic carbocycles. The molecule has 3 aromatic rings. The molecule has 2 amide bonds. The van der Waals surface area contributed by atoms with Crippen LogP contribution in [0.2, 0.25) is 0 Å². The van der Waals surface area contributed by atoms with Crippen molar-refractivity contribution < 1.29 is 19.1 Å². The molecule has 1 aromatic heterocycles. The highest BCUT2D eigenvalue weighted by atomic mass is 16.4. The molecule has 9 nitrogen and oxygen atoms in total. The van der Waals surface area contributed by atoms with Gasteiger partial charge in [-0.2, -0.15) is 0 Å². The van der Waals surface area contributed by atoms with E-state index in [1.165, 1.54) is 24.2 Å². The van der Waals surface area contributed by atoms with Gasteiger partial charge in [-0.25, -0.2) is 9.69 Å². The molecule has 4 rings (SSSR count). The van der Waals surface area contributed by atoms with Gasteiger partial charge < -0.3 is 19.7 Å². The number of likely N-dealkylation sites (tertiary alicyclic amines) is 1. The molecule has 0 saturated carbocycles. The summed E-state index contributed by atoms with van der Waals surface area (Å²) in [6, 6.07) is 15.6. The molecule has 1 unspecified atom stereocenters. The van der Waals surface area contributed by atoms with Crippen molar-refractivity contribution in [3.63, 3.8) is 0 Å². The molecular formula is C28H35N5O4. The Labute approximate surface area is 217 Å². The van der Waals surface area contributed by atoms with Crippen molar-refractivity contribution in [2.45, 2.75) is 52.5 Å². The number of nitrogens with one attached hydrogen (secondary N) is 1. The van der Waals surface area contributed by atoms with E-state index in [9.17, 15) is 14.7 Å². The first-order valence-electron chi connectivity index (χ1n) is 12.8. The molecule has 1 fully saturated rings. The third-order valence-corrected chi connectivity index (χ3v) is 6.73. The summed E-state index contributed by atoms with van der Waals surface area (Å²) in [5.41, 5.74) is 1.48. The van der Waals surface area contributed by atoms with Crippen molar-refractivity contribution in [2.75, 3.05) is 29.9 Å². The largest absolute Gasteiger partial charge is 0.465 e. The second kappa shape index (κ2) is 11.6. The Morgan fingerprint density at radius 2 is 1.70 bits per heavy atom. The van der Waals surface area contributed by atoms with Crippen molar-refractivity contribution in [3.8, 4) is 11.5 Å². The lowest BCUT2D eigenvalue weighted by Gasteiger charge is -2.38. The van der Waals surface area contributed by atoms with Gasteiger partial charge in [0.05, 0.1) is 6.04 Å². The fourth-order valence-electron chi connectivity index (χ4n) is 4.70. The molecule has 196 valence electrons. The smallest absolute Gasteiger partial charge is 0.415 e. The SMILES string of the molecule is CC(C)(C)C(CCN1CCCCC1)N(C(=O)O)c1nnc(-c2ccc(NC(=O)c3ccccc3)cc2)o1. The van der Waals surface area contributed by atoms with Gasteiger partial charge in [-0.3, -0.25) is 4.79 Å². The van der Waals surface area contributed by atoms with E-state index >= 15 is 0 Å². The number of carbonyl (C=O) groups is 2. The van der Waals surface area contributed by atoms with E-state index in [2.05, 4.69) is 20.4 Å². The van der Waals surface area contributed by atoms with Crippen LogP contribution < -0.4 is 10.2 Å². The predicted octanol–water partition coefficient (Wildman–Crippen LogP) is 5.76. The van der Waals surface area contributed by atoms with Crippen molar-refractivity contribution in [1.82, 2.24) is 15.1 Å². The van der Waals surface area contributed by atoms with Gasteiger partial charge in [0.25, 0.3) is 5.91 Å². The molecule has 0 spiro atoms. The number of anilines is 2. The second-order valence-electron chi connectivity index (χ2n) is 10.5. The molecule has 1 atom stereocenters. The first-order valence-corrected chi connectivity index (χ1v) is 12.8. The van der Waals surface area contributed by atoms with Gasteiger partial charge >= 0.3 is 12.1 Å². The third kappa shape index (κ3) is 6.74. The zero-order valence-corrected chi connectivity index (χ0v) is 21.7. The lowest BCUT2D eigenvalue weighted by atomic mass is 9.83. The Kier molecular flexibility index (Phi) is 8.23. The maximum atomic E-state index is 12.4. The molecule has 0 aliphatic carbocycles. The van der Waals surface area contributed by atoms with Crippen molar-refractivity contribution >= 4 is 23.7 Å². The van der Waals surface area contributed by atoms with E-state index in [-0.39, 0.29) is 29.3 Å². The monoisotopic (exact) mass is 505 g/mol. The van der Waals surface area contributed by atoms with E-state index in [0.29, 0.717) is 23.2 Å². The summed E-state index contributed by atoms with van der Waals surface area (Å²) in [5.74, 6) is 0.00850. The summed E-state index contributed by atoms with van der Waals surface area (Å²) in [7, 11) is 0. The van der Waals surface area contributed by atoms with Gasteiger partial charge in [0.1, 0.15) is 0 Å². The summed E-state index contributed by atoms with van der Waals surface area (Å²) >= 11 is 0. The van der Waals surface area contributed by atoms with Gasteiger partial charge in [-0.15, -0.1) is 5.10 Å². The Hall–Kier alpha value is -3.72. The minimum atomic E-state index is -1.12. The number of benzene rings is 2. The average molecular weight is 506 g/mol. The Bertz CT molecular complexity index is 1180. The van der Waals surface area contributed by atoms with Gasteiger partial charge in [0.2, 0.25) is 5.89 Å². The van der Waals surface area contributed by atoms with Crippen LogP contribution in [0.25, 0.3) is 11.5 Å². The molecule has 2 heterocycles. The molecule has 0 bridgehead atoms. The van der Waals surface area contributed by atoms with E-state index in [0.717, 1.165) is 19.6 Å². The molecule has 1 aliphatic heterocycles. The Morgan fingerprint density at radius 1 is 1.03 bits per heavy atom. The van der Waals surface area contributed by atoms with Crippen LogP contribution in [-0.2, 0) is 0 Å². The first kappa shape index (κ1) is 26.3. The zero-order chi connectivity index (χ0) is 26.4. The number of piperidine rings is 1. The van der Waals surface area contributed by atoms with Crippen molar-refractivity contribution in [2.24, 2.45) is 5.41 Å². The number of rotatable bonds is 8. The highest BCUT2D eigenvalue weighted by molar-refractivity contribution is 6.04. The lowest BCUT2D eigenvalue weighted by Crippen LogP contribution is -2.49. The summed E-state index contributed by atoms with van der Waals surface area (Å²) in [6.07, 6.45) is 3.18. The minimum absolute atomic E-state index is 0.0393. The predicted molar refractivity (Wildman–Crippen MR) is 143 cm³/mol. The lowest BCUT2D eigenvalue weighted by molar-refractivity contribution is 0.102. The number of aromatic nitrogens is 2. The maximum absolute atomic E-state index is 12.4. The van der Waals surface area contributed by atoms with E-state index in [1.54, 1.807) is 36.4 Å². The van der Waals surface area contributed by atoms with E-state index in [4.69, 9.17) is 4.42 Å². The number of nitrogens with zero attached hydrogens (tertiary/aromatic N) is 4. The molecular weight excluding hydrogens is 470 g/mol. The number of hydrogen-bond donors (Lipinski definition) is 2. The second-order valence-corrected chi connectivity index (χ2v) is 10.5. The quantitative estimate of drug-likeness (QED) is 0.400. The van der Waals surface area contributed by atoms with Crippen LogP contribution in [0, 0.1) is 5.41 Å². The third-order valence-electron chi connectivity index (χ3n) is 6.73. The van der Waals surface area contributed by atoms with E-state index in [1.807, 2.05) is 39.0 Å².